The van der Waals surface area contributed by atoms with Crippen molar-refractivity contribution >= 4 is 5.91 Å². The lowest BCUT2D eigenvalue weighted by Crippen LogP contribution is -2.38. The third kappa shape index (κ3) is 3.09. The Labute approximate surface area is 143 Å². The number of amides is 1. The van der Waals surface area contributed by atoms with E-state index in [-0.39, 0.29) is 11.9 Å². The molecule has 1 aliphatic rings. The summed E-state index contributed by atoms with van der Waals surface area (Å²) >= 11 is 0. The van der Waals surface area contributed by atoms with Crippen molar-refractivity contribution in [3.05, 3.63) is 59.7 Å². The molecule has 0 spiro atoms. The minimum atomic E-state index is -0.0300. The van der Waals surface area contributed by atoms with Crippen molar-refractivity contribution < 1.29 is 14.3 Å². The molecule has 0 aromatic heterocycles. The highest BCUT2D eigenvalue weighted by molar-refractivity contribution is 5.94. The average Bonchev–Trinajstić information content (AvgIpc) is 2.67. The van der Waals surface area contributed by atoms with E-state index in [2.05, 4.69) is 0 Å². The molecular formula is C20H23NO3. The van der Waals surface area contributed by atoms with E-state index in [0.717, 1.165) is 48.4 Å². The van der Waals surface area contributed by atoms with Crippen LogP contribution in [0.3, 0.4) is 0 Å². The zero-order valence-corrected chi connectivity index (χ0v) is 14.2. The molecular weight excluding hydrogens is 302 g/mol. The van der Waals surface area contributed by atoms with Gasteiger partial charge in [0.2, 0.25) is 0 Å². The lowest BCUT2D eigenvalue weighted by Gasteiger charge is -2.37. The zero-order chi connectivity index (χ0) is 16.9. The Kier molecular flexibility index (Phi) is 5.04. The molecule has 0 saturated carbocycles. The van der Waals surface area contributed by atoms with Crippen LogP contribution < -0.4 is 9.47 Å². The van der Waals surface area contributed by atoms with Crippen molar-refractivity contribution in [2.24, 2.45) is 0 Å². The first-order valence-corrected chi connectivity index (χ1v) is 8.33. The van der Waals surface area contributed by atoms with E-state index in [9.17, 15) is 4.79 Å². The third-order valence-electron chi connectivity index (χ3n) is 4.58. The SMILES string of the molecule is COc1cccc(OC)c1[C@H]1CCCCN1C(=O)c1ccccc1. The number of nitrogens with zero attached hydrogens (tertiary/aromatic N) is 1. The second-order valence-electron chi connectivity index (χ2n) is 5.95. The monoisotopic (exact) mass is 325 g/mol. The van der Waals surface area contributed by atoms with E-state index in [0.29, 0.717) is 0 Å². The van der Waals surface area contributed by atoms with Crippen LogP contribution in [-0.4, -0.2) is 31.6 Å². The van der Waals surface area contributed by atoms with Crippen LogP contribution in [0.4, 0.5) is 0 Å². The number of rotatable bonds is 4. The van der Waals surface area contributed by atoms with Crippen LogP contribution in [0.15, 0.2) is 48.5 Å². The minimum absolute atomic E-state index is 0.0300. The molecule has 1 aliphatic heterocycles. The molecule has 1 saturated heterocycles. The Balaban J connectivity index is 2.01. The first kappa shape index (κ1) is 16.4. The first-order chi connectivity index (χ1) is 11.8. The lowest BCUT2D eigenvalue weighted by atomic mass is 9.93. The maximum absolute atomic E-state index is 13.0. The topological polar surface area (TPSA) is 38.8 Å². The molecule has 1 heterocycles. The Morgan fingerprint density at radius 3 is 2.25 bits per heavy atom. The summed E-state index contributed by atoms with van der Waals surface area (Å²) in [4.78, 5) is 15.0. The number of ether oxygens (including phenoxy) is 2. The lowest BCUT2D eigenvalue weighted by molar-refractivity contribution is 0.0605. The Morgan fingerprint density at radius 2 is 1.62 bits per heavy atom. The molecule has 24 heavy (non-hydrogen) atoms. The van der Waals surface area contributed by atoms with Crippen molar-refractivity contribution in [1.29, 1.82) is 0 Å². The van der Waals surface area contributed by atoms with Crippen LogP contribution in [0.1, 0.15) is 41.2 Å². The summed E-state index contributed by atoms with van der Waals surface area (Å²) in [5.74, 6) is 1.60. The van der Waals surface area contributed by atoms with Gasteiger partial charge in [0, 0.05) is 12.1 Å². The number of carbonyl (C=O) groups is 1. The van der Waals surface area contributed by atoms with Gasteiger partial charge in [-0.25, -0.2) is 0 Å². The second-order valence-corrected chi connectivity index (χ2v) is 5.95. The summed E-state index contributed by atoms with van der Waals surface area (Å²) in [5, 5.41) is 0. The van der Waals surface area contributed by atoms with E-state index < -0.39 is 0 Å². The highest BCUT2D eigenvalue weighted by Crippen LogP contribution is 2.42. The van der Waals surface area contributed by atoms with Gasteiger partial charge in [-0.1, -0.05) is 24.3 Å². The van der Waals surface area contributed by atoms with Gasteiger partial charge in [-0.2, -0.15) is 0 Å². The molecule has 2 aromatic carbocycles. The molecule has 0 bridgehead atoms. The van der Waals surface area contributed by atoms with Gasteiger partial charge in [0.05, 0.1) is 25.8 Å². The Bertz CT molecular complexity index is 677. The molecule has 2 aromatic rings. The predicted molar refractivity (Wildman–Crippen MR) is 93.6 cm³/mol. The quantitative estimate of drug-likeness (QED) is 0.850. The summed E-state index contributed by atoms with van der Waals surface area (Å²) in [6.45, 7) is 0.750. The largest absolute Gasteiger partial charge is 0.496 e. The number of benzene rings is 2. The van der Waals surface area contributed by atoms with Crippen molar-refractivity contribution in [3.63, 3.8) is 0 Å². The van der Waals surface area contributed by atoms with Crippen LogP contribution in [0.5, 0.6) is 11.5 Å². The summed E-state index contributed by atoms with van der Waals surface area (Å²) in [5.41, 5.74) is 1.68. The molecule has 126 valence electrons. The molecule has 1 amide bonds. The van der Waals surface area contributed by atoms with Crippen molar-refractivity contribution in [3.8, 4) is 11.5 Å². The van der Waals surface area contributed by atoms with Gasteiger partial charge in [0.1, 0.15) is 11.5 Å². The molecule has 0 N–H and O–H groups in total. The van der Waals surface area contributed by atoms with Gasteiger partial charge in [0.25, 0.3) is 5.91 Å². The van der Waals surface area contributed by atoms with E-state index in [4.69, 9.17) is 9.47 Å². The molecule has 1 fully saturated rings. The third-order valence-corrected chi connectivity index (χ3v) is 4.58. The first-order valence-electron chi connectivity index (χ1n) is 8.33. The van der Waals surface area contributed by atoms with Gasteiger partial charge in [0.15, 0.2) is 0 Å². The molecule has 3 rings (SSSR count). The highest BCUT2D eigenvalue weighted by atomic mass is 16.5. The molecule has 4 heteroatoms. The number of methoxy groups -OCH3 is 2. The van der Waals surface area contributed by atoms with Crippen LogP contribution >= 0.6 is 0 Å². The van der Waals surface area contributed by atoms with Crippen molar-refractivity contribution in [1.82, 2.24) is 4.90 Å². The van der Waals surface area contributed by atoms with Gasteiger partial charge in [-0.3, -0.25) is 4.79 Å². The molecule has 0 aliphatic carbocycles. The standard InChI is InChI=1S/C20H23NO3/c1-23-17-12-8-13-18(24-2)19(17)16-11-6-7-14-21(16)20(22)15-9-4-3-5-10-15/h3-5,8-10,12-13,16H,6-7,11,14H2,1-2H3/t16-/m1/s1. The minimum Gasteiger partial charge on any atom is -0.496 e. The maximum Gasteiger partial charge on any atom is 0.254 e. The fourth-order valence-electron chi connectivity index (χ4n) is 3.43. The molecule has 0 unspecified atom stereocenters. The number of hydrogen-bond donors (Lipinski definition) is 0. The average molecular weight is 325 g/mol. The molecule has 0 radical (unpaired) electrons. The Hall–Kier alpha value is -2.49. The fourth-order valence-corrected chi connectivity index (χ4v) is 3.43. The van der Waals surface area contributed by atoms with Gasteiger partial charge in [-0.15, -0.1) is 0 Å². The van der Waals surface area contributed by atoms with Crippen LogP contribution in [0.25, 0.3) is 0 Å². The molecule has 4 nitrogen and oxygen atoms in total. The van der Waals surface area contributed by atoms with Crippen LogP contribution in [0.2, 0.25) is 0 Å². The van der Waals surface area contributed by atoms with Gasteiger partial charge >= 0.3 is 0 Å². The maximum atomic E-state index is 13.0. The van der Waals surface area contributed by atoms with Crippen molar-refractivity contribution in [2.45, 2.75) is 25.3 Å². The van der Waals surface area contributed by atoms with Gasteiger partial charge < -0.3 is 14.4 Å². The smallest absolute Gasteiger partial charge is 0.254 e. The zero-order valence-electron chi connectivity index (χ0n) is 14.2. The van der Waals surface area contributed by atoms with E-state index in [1.54, 1.807) is 14.2 Å². The van der Waals surface area contributed by atoms with Gasteiger partial charge in [-0.05, 0) is 43.5 Å². The summed E-state index contributed by atoms with van der Waals surface area (Å²) < 4.78 is 11.1. The molecule has 1 atom stereocenters. The summed E-state index contributed by atoms with van der Waals surface area (Å²) in [6, 6.07) is 15.2. The Morgan fingerprint density at radius 1 is 0.958 bits per heavy atom. The van der Waals surface area contributed by atoms with E-state index >= 15 is 0 Å². The second kappa shape index (κ2) is 7.39. The predicted octanol–water partition coefficient (Wildman–Crippen LogP) is 4.07. The van der Waals surface area contributed by atoms with E-state index in [1.807, 2.05) is 53.4 Å². The van der Waals surface area contributed by atoms with Crippen LogP contribution in [0, 0.1) is 0 Å². The summed E-state index contributed by atoms with van der Waals surface area (Å²) in [6.07, 6.45) is 3.02. The normalized spacial score (nSPS) is 17.4. The number of likely N-dealkylation sites (tertiary alicyclic amines) is 1. The number of piperidine rings is 1. The van der Waals surface area contributed by atoms with E-state index in [1.165, 1.54) is 0 Å². The number of carbonyl (C=O) groups excluding carboxylic acids is 1. The van der Waals surface area contributed by atoms with Crippen molar-refractivity contribution in [2.75, 3.05) is 20.8 Å². The van der Waals surface area contributed by atoms with Crippen LogP contribution in [-0.2, 0) is 0 Å². The highest BCUT2D eigenvalue weighted by Gasteiger charge is 2.32. The number of hydrogen-bond acceptors (Lipinski definition) is 3. The fraction of sp³-hybridized carbons (Fsp3) is 0.350. The summed E-state index contributed by atoms with van der Waals surface area (Å²) in [7, 11) is 3.31.